The fourth-order valence-electron chi connectivity index (χ4n) is 2.80. The van der Waals surface area contributed by atoms with Crippen molar-refractivity contribution in [2.75, 3.05) is 53.6 Å². The van der Waals surface area contributed by atoms with Crippen LogP contribution in [-0.4, -0.2) is 75.4 Å². The summed E-state index contributed by atoms with van der Waals surface area (Å²) in [6, 6.07) is 4.15. The molecule has 0 aromatic carbocycles. The van der Waals surface area contributed by atoms with Crippen molar-refractivity contribution in [3.05, 3.63) is 22.4 Å². The number of aliphatic hydroxyl groups excluding tert-OH is 1. The third kappa shape index (κ3) is 6.59. The van der Waals surface area contributed by atoms with Gasteiger partial charge < -0.3 is 25.4 Å². The Bertz CT molecular complexity index is 569. The van der Waals surface area contributed by atoms with Crippen LogP contribution in [0.5, 0.6) is 0 Å². The maximum atomic E-state index is 11.8. The first-order valence-corrected chi connectivity index (χ1v) is 9.86. The number of likely N-dealkylation sites (N-methyl/N-ethyl adjacent to an activating group) is 1. The largest absolute Gasteiger partial charge is 0.396 e. The van der Waals surface area contributed by atoms with E-state index in [-0.39, 0.29) is 24.5 Å². The van der Waals surface area contributed by atoms with Crippen LogP contribution >= 0.6 is 11.3 Å². The molecule has 1 aromatic heterocycles. The molecule has 3 N–H and O–H groups in total. The van der Waals surface area contributed by atoms with Gasteiger partial charge in [0.25, 0.3) is 0 Å². The Labute approximate surface area is 159 Å². The molecule has 1 unspecified atom stereocenters. The molecule has 1 aliphatic rings. The van der Waals surface area contributed by atoms with E-state index < -0.39 is 0 Å². The number of carbonyl (C=O) groups is 1. The normalized spacial score (nSPS) is 20.2. The molecular formula is C18H30N4O3S. The van der Waals surface area contributed by atoms with Gasteiger partial charge in [-0.1, -0.05) is 6.07 Å². The zero-order chi connectivity index (χ0) is 18.8. The van der Waals surface area contributed by atoms with Gasteiger partial charge in [-0.3, -0.25) is 4.79 Å². The van der Waals surface area contributed by atoms with Gasteiger partial charge in [0, 0.05) is 50.7 Å². The van der Waals surface area contributed by atoms with Gasteiger partial charge in [-0.05, 0) is 30.7 Å². The van der Waals surface area contributed by atoms with Crippen molar-refractivity contribution in [1.82, 2.24) is 15.5 Å². The molecule has 26 heavy (non-hydrogen) atoms. The smallest absolute Gasteiger partial charge is 0.243 e. The second kappa shape index (κ2) is 10.5. The third-order valence-electron chi connectivity index (χ3n) is 4.57. The Balaban J connectivity index is 1.92. The molecule has 2 heterocycles. The quantitative estimate of drug-likeness (QED) is 0.432. The van der Waals surface area contributed by atoms with E-state index in [9.17, 15) is 9.90 Å². The number of guanidine groups is 1. The monoisotopic (exact) mass is 382 g/mol. The molecule has 146 valence electrons. The van der Waals surface area contributed by atoms with Crippen LogP contribution in [0.3, 0.4) is 0 Å². The number of rotatable bonds is 9. The van der Waals surface area contributed by atoms with E-state index in [1.165, 1.54) is 9.78 Å². The molecule has 1 aromatic rings. The van der Waals surface area contributed by atoms with E-state index in [2.05, 4.69) is 27.1 Å². The Hall–Kier alpha value is -1.64. The lowest BCUT2D eigenvalue weighted by molar-refractivity contribution is -0.127. The Morgan fingerprint density at radius 2 is 2.31 bits per heavy atom. The van der Waals surface area contributed by atoms with Crippen molar-refractivity contribution < 1.29 is 14.6 Å². The van der Waals surface area contributed by atoms with Gasteiger partial charge in [0.05, 0.1) is 6.61 Å². The minimum Gasteiger partial charge on any atom is -0.396 e. The first kappa shape index (κ1) is 20.7. The summed E-state index contributed by atoms with van der Waals surface area (Å²) in [5.41, 5.74) is -0.0729. The highest BCUT2D eigenvalue weighted by Gasteiger charge is 2.34. The number of ether oxygens (including phenoxy) is 1. The number of carbonyl (C=O) groups excluding carboxylic acids is 1. The summed E-state index contributed by atoms with van der Waals surface area (Å²) in [7, 11) is 3.45. The van der Waals surface area contributed by atoms with Crippen molar-refractivity contribution in [1.29, 1.82) is 0 Å². The van der Waals surface area contributed by atoms with Crippen LogP contribution in [0.25, 0.3) is 0 Å². The van der Waals surface area contributed by atoms with Gasteiger partial charge in [-0.2, -0.15) is 0 Å². The predicted octanol–water partition coefficient (Wildman–Crippen LogP) is 0.703. The first-order chi connectivity index (χ1) is 12.5. The molecule has 0 spiro atoms. The summed E-state index contributed by atoms with van der Waals surface area (Å²) >= 11 is 1.73. The average molecular weight is 383 g/mol. The van der Waals surface area contributed by atoms with E-state index in [4.69, 9.17) is 4.74 Å². The minimum atomic E-state index is -0.0729. The van der Waals surface area contributed by atoms with Crippen LogP contribution in [0.4, 0.5) is 0 Å². The Kier molecular flexibility index (Phi) is 8.34. The number of nitrogens with zero attached hydrogens (tertiary/aromatic N) is 2. The fourth-order valence-corrected chi connectivity index (χ4v) is 3.51. The molecule has 0 saturated carbocycles. The van der Waals surface area contributed by atoms with Gasteiger partial charge in [0.1, 0.15) is 6.54 Å². The Morgan fingerprint density at radius 1 is 1.46 bits per heavy atom. The van der Waals surface area contributed by atoms with Gasteiger partial charge in [-0.25, -0.2) is 4.99 Å². The molecule has 0 bridgehead atoms. The van der Waals surface area contributed by atoms with Crippen LogP contribution in [-0.2, 0) is 16.0 Å². The fraction of sp³-hybridized carbons (Fsp3) is 0.667. The second-order valence-corrected chi connectivity index (χ2v) is 7.87. The average Bonchev–Trinajstić information content (AvgIpc) is 3.29. The number of thiophene rings is 1. The molecule has 1 atom stereocenters. The summed E-state index contributed by atoms with van der Waals surface area (Å²) in [5, 5.41) is 18.1. The highest BCUT2D eigenvalue weighted by Crippen LogP contribution is 2.31. The molecule has 1 amide bonds. The zero-order valence-electron chi connectivity index (χ0n) is 15.7. The molecule has 0 aliphatic carbocycles. The van der Waals surface area contributed by atoms with Crippen molar-refractivity contribution in [3.63, 3.8) is 0 Å². The topological polar surface area (TPSA) is 86.2 Å². The first-order valence-electron chi connectivity index (χ1n) is 8.98. The number of amides is 1. The molecule has 8 heteroatoms. The summed E-state index contributed by atoms with van der Waals surface area (Å²) < 4.78 is 5.53. The van der Waals surface area contributed by atoms with Crippen LogP contribution in [0.1, 0.15) is 17.7 Å². The van der Waals surface area contributed by atoms with Crippen molar-refractivity contribution in [2.24, 2.45) is 10.4 Å². The van der Waals surface area contributed by atoms with E-state index in [1.807, 2.05) is 6.07 Å². The molecule has 2 rings (SSSR count). The van der Waals surface area contributed by atoms with Crippen molar-refractivity contribution in [3.8, 4) is 0 Å². The van der Waals surface area contributed by atoms with Gasteiger partial charge in [-0.15, -0.1) is 11.3 Å². The van der Waals surface area contributed by atoms with Crippen LogP contribution < -0.4 is 10.6 Å². The third-order valence-corrected chi connectivity index (χ3v) is 5.51. The summed E-state index contributed by atoms with van der Waals surface area (Å²) in [4.78, 5) is 19.1. The number of nitrogens with one attached hydrogen (secondary N) is 2. The SMILES string of the molecule is CN(C)C(=O)CN=C(NCCc1cccs1)NCC1(CCO)CCOC1. The van der Waals surface area contributed by atoms with E-state index in [1.54, 1.807) is 25.4 Å². The Morgan fingerprint density at radius 3 is 2.92 bits per heavy atom. The minimum absolute atomic E-state index is 0.0429. The lowest BCUT2D eigenvalue weighted by Crippen LogP contribution is -2.45. The zero-order valence-corrected chi connectivity index (χ0v) is 16.5. The second-order valence-electron chi connectivity index (χ2n) is 6.84. The number of hydrogen-bond acceptors (Lipinski definition) is 5. The van der Waals surface area contributed by atoms with E-state index in [0.29, 0.717) is 25.5 Å². The molecule has 7 nitrogen and oxygen atoms in total. The van der Waals surface area contributed by atoms with Gasteiger partial charge in [0.15, 0.2) is 5.96 Å². The highest BCUT2D eigenvalue weighted by molar-refractivity contribution is 7.09. The lowest BCUT2D eigenvalue weighted by Gasteiger charge is -2.27. The van der Waals surface area contributed by atoms with E-state index in [0.717, 1.165) is 26.0 Å². The van der Waals surface area contributed by atoms with Crippen LogP contribution in [0.15, 0.2) is 22.5 Å². The van der Waals surface area contributed by atoms with Gasteiger partial charge >= 0.3 is 0 Å². The van der Waals surface area contributed by atoms with Crippen molar-refractivity contribution in [2.45, 2.75) is 19.3 Å². The lowest BCUT2D eigenvalue weighted by atomic mass is 9.84. The maximum absolute atomic E-state index is 11.8. The highest BCUT2D eigenvalue weighted by atomic mass is 32.1. The number of aliphatic hydroxyl groups is 1. The van der Waals surface area contributed by atoms with Gasteiger partial charge in [0.2, 0.25) is 5.91 Å². The van der Waals surface area contributed by atoms with Crippen LogP contribution in [0, 0.1) is 5.41 Å². The molecule has 1 aliphatic heterocycles. The molecule has 1 saturated heterocycles. The maximum Gasteiger partial charge on any atom is 0.243 e. The number of aliphatic imine (C=N–C) groups is 1. The van der Waals surface area contributed by atoms with E-state index >= 15 is 0 Å². The summed E-state index contributed by atoms with van der Waals surface area (Å²) in [6.45, 7) is 3.01. The summed E-state index contributed by atoms with van der Waals surface area (Å²) in [6.07, 6.45) is 2.52. The molecule has 0 radical (unpaired) electrons. The van der Waals surface area contributed by atoms with Crippen LogP contribution in [0.2, 0.25) is 0 Å². The summed E-state index contributed by atoms with van der Waals surface area (Å²) in [5.74, 6) is 0.583. The van der Waals surface area contributed by atoms with Crippen molar-refractivity contribution >= 4 is 23.2 Å². The number of hydrogen-bond donors (Lipinski definition) is 3. The predicted molar refractivity (Wildman–Crippen MR) is 105 cm³/mol. The molecular weight excluding hydrogens is 352 g/mol. The standard InChI is InChI=1S/C18H30N4O3S/c1-22(2)16(24)12-20-17(19-8-5-15-4-3-11-26-15)21-13-18(6-9-23)7-10-25-14-18/h3-4,11,23H,5-10,12-14H2,1-2H3,(H2,19,20,21). The molecule has 1 fully saturated rings.